The molecule has 0 spiro atoms. The van der Waals surface area contributed by atoms with E-state index >= 15 is 0 Å². The minimum Gasteiger partial charge on any atom is -0.393 e. The van der Waals surface area contributed by atoms with Crippen molar-refractivity contribution in [3.05, 3.63) is 0 Å². The molecule has 1 fully saturated rings. The van der Waals surface area contributed by atoms with Crippen LogP contribution in [-0.4, -0.2) is 24.3 Å². The summed E-state index contributed by atoms with van der Waals surface area (Å²) in [5.74, 6) is 0.528. The third kappa shape index (κ3) is 0.924. The van der Waals surface area contributed by atoms with Gasteiger partial charge >= 0.3 is 0 Å². The molecule has 0 bridgehead atoms. The zero-order valence-corrected chi connectivity index (χ0v) is 4.52. The standard InChI is InChI=1S/C5H11NO/c1-4(7)5-2-6-3-5/h4-7H,2-3H2,1H3. The van der Waals surface area contributed by atoms with Crippen LogP contribution in [0, 0.1) is 5.92 Å². The molecule has 0 radical (unpaired) electrons. The fourth-order valence-electron chi connectivity index (χ4n) is 0.652. The second-order valence-electron chi connectivity index (χ2n) is 2.16. The molecule has 2 N–H and O–H groups in total. The van der Waals surface area contributed by atoms with Gasteiger partial charge in [-0.15, -0.1) is 0 Å². The van der Waals surface area contributed by atoms with Crippen molar-refractivity contribution < 1.29 is 5.11 Å². The van der Waals surface area contributed by atoms with Gasteiger partial charge in [-0.3, -0.25) is 0 Å². The zero-order valence-electron chi connectivity index (χ0n) is 4.52. The van der Waals surface area contributed by atoms with Crippen LogP contribution in [0.1, 0.15) is 6.92 Å². The third-order valence-electron chi connectivity index (χ3n) is 1.50. The molecule has 1 heterocycles. The highest BCUT2D eigenvalue weighted by Gasteiger charge is 2.20. The smallest absolute Gasteiger partial charge is 0.0564 e. The molecule has 1 aliphatic rings. The first-order valence-corrected chi connectivity index (χ1v) is 2.69. The van der Waals surface area contributed by atoms with Crippen LogP contribution in [0.3, 0.4) is 0 Å². The highest BCUT2D eigenvalue weighted by Crippen LogP contribution is 2.06. The monoisotopic (exact) mass is 101 g/mol. The number of rotatable bonds is 1. The molecule has 0 aromatic heterocycles. The minimum absolute atomic E-state index is 0.110. The van der Waals surface area contributed by atoms with Crippen LogP contribution >= 0.6 is 0 Å². The summed E-state index contributed by atoms with van der Waals surface area (Å²) in [5, 5.41) is 11.9. The quantitative estimate of drug-likeness (QED) is 0.470. The van der Waals surface area contributed by atoms with Crippen molar-refractivity contribution in [3.8, 4) is 0 Å². The molecule has 42 valence electrons. The molecule has 0 aliphatic carbocycles. The van der Waals surface area contributed by atoms with Gasteiger partial charge in [-0.05, 0) is 6.92 Å². The van der Waals surface area contributed by atoms with Crippen LogP contribution in [0.5, 0.6) is 0 Å². The second kappa shape index (κ2) is 1.80. The van der Waals surface area contributed by atoms with E-state index in [0.717, 1.165) is 13.1 Å². The Balaban J connectivity index is 2.14. The summed E-state index contributed by atoms with van der Waals surface area (Å²) in [6.07, 6.45) is -0.110. The van der Waals surface area contributed by atoms with Gasteiger partial charge in [0.1, 0.15) is 0 Å². The topological polar surface area (TPSA) is 32.3 Å². The van der Waals surface area contributed by atoms with Crippen LogP contribution in [0.2, 0.25) is 0 Å². The molecule has 1 saturated heterocycles. The fourth-order valence-corrected chi connectivity index (χ4v) is 0.652. The van der Waals surface area contributed by atoms with Gasteiger partial charge in [0.25, 0.3) is 0 Å². The van der Waals surface area contributed by atoms with Gasteiger partial charge in [-0.25, -0.2) is 0 Å². The fraction of sp³-hybridized carbons (Fsp3) is 1.00. The Hall–Kier alpha value is -0.0800. The predicted molar refractivity (Wildman–Crippen MR) is 28.0 cm³/mol. The Morgan fingerprint density at radius 2 is 2.29 bits per heavy atom. The van der Waals surface area contributed by atoms with Crippen molar-refractivity contribution >= 4 is 0 Å². The summed E-state index contributed by atoms with van der Waals surface area (Å²) < 4.78 is 0. The van der Waals surface area contributed by atoms with Gasteiger partial charge < -0.3 is 10.4 Å². The third-order valence-corrected chi connectivity index (χ3v) is 1.50. The maximum absolute atomic E-state index is 8.83. The molecule has 0 saturated carbocycles. The van der Waals surface area contributed by atoms with E-state index < -0.39 is 0 Å². The Bertz CT molecular complexity index is 59.1. The maximum Gasteiger partial charge on any atom is 0.0564 e. The molecule has 1 rings (SSSR count). The van der Waals surface area contributed by atoms with E-state index in [4.69, 9.17) is 5.11 Å². The van der Waals surface area contributed by atoms with E-state index in [9.17, 15) is 0 Å². The van der Waals surface area contributed by atoms with E-state index in [1.54, 1.807) is 0 Å². The van der Waals surface area contributed by atoms with Gasteiger partial charge in [-0.2, -0.15) is 0 Å². The average molecular weight is 101 g/mol. The van der Waals surface area contributed by atoms with Gasteiger partial charge in [-0.1, -0.05) is 0 Å². The highest BCUT2D eigenvalue weighted by molar-refractivity contribution is 4.78. The Morgan fingerprint density at radius 3 is 2.29 bits per heavy atom. The second-order valence-corrected chi connectivity index (χ2v) is 2.16. The first kappa shape index (κ1) is 5.06. The summed E-state index contributed by atoms with van der Waals surface area (Å²) in [5.41, 5.74) is 0. The van der Waals surface area contributed by atoms with E-state index in [2.05, 4.69) is 5.32 Å². The first-order valence-electron chi connectivity index (χ1n) is 2.69. The molecule has 0 aromatic carbocycles. The van der Waals surface area contributed by atoms with Crippen molar-refractivity contribution in [3.63, 3.8) is 0 Å². The van der Waals surface area contributed by atoms with Gasteiger partial charge in [0, 0.05) is 19.0 Å². The molecular formula is C5H11NO. The normalized spacial score (nSPS) is 26.6. The van der Waals surface area contributed by atoms with Crippen LogP contribution in [-0.2, 0) is 0 Å². The average Bonchev–Trinajstić information content (AvgIpc) is 1.23. The lowest BCUT2D eigenvalue weighted by atomic mass is 9.98. The molecule has 2 nitrogen and oxygen atoms in total. The molecule has 7 heavy (non-hydrogen) atoms. The Labute approximate surface area is 43.5 Å². The lowest BCUT2D eigenvalue weighted by Gasteiger charge is -2.29. The van der Waals surface area contributed by atoms with Crippen LogP contribution in [0.15, 0.2) is 0 Å². The van der Waals surface area contributed by atoms with E-state index in [0.29, 0.717) is 5.92 Å². The van der Waals surface area contributed by atoms with Crippen molar-refractivity contribution in [1.29, 1.82) is 0 Å². The lowest BCUT2D eigenvalue weighted by molar-refractivity contribution is 0.0928. The van der Waals surface area contributed by atoms with Crippen LogP contribution < -0.4 is 5.32 Å². The Morgan fingerprint density at radius 1 is 1.71 bits per heavy atom. The maximum atomic E-state index is 8.83. The van der Waals surface area contributed by atoms with Gasteiger partial charge in [0.2, 0.25) is 0 Å². The van der Waals surface area contributed by atoms with E-state index in [1.807, 2.05) is 6.92 Å². The largest absolute Gasteiger partial charge is 0.393 e. The zero-order chi connectivity index (χ0) is 5.28. The van der Waals surface area contributed by atoms with Gasteiger partial charge in [0.05, 0.1) is 6.10 Å². The first-order chi connectivity index (χ1) is 3.30. The summed E-state index contributed by atoms with van der Waals surface area (Å²) >= 11 is 0. The van der Waals surface area contributed by atoms with Crippen LogP contribution in [0.4, 0.5) is 0 Å². The number of hydrogen-bond donors (Lipinski definition) is 2. The molecule has 1 unspecified atom stereocenters. The van der Waals surface area contributed by atoms with Crippen molar-refractivity contribution in [1.82, 2.24) is 5.32 Å². The minimum atomic E-state index is -0.110. The number of aliphatic hydroxyl groups excluding tert-OH is 1. The van der Waals surface area contributed by atoms with E-state index in [1.165, 1.54) is 0 Å². The summed E-state index contributed by atoms with van der Waals surface area (Å²) in [6, 6.07) is 0. The molecule has 1 atom stereocenters. The van der Waals surface area contributed by atoms with Crippen molar-refractivity contribution in [2.24, 2.45) is 5.92 Å². The molecule has 1 aliphatic heterocycles. The number of nitrogens with one attached hydrogen (secondary N) is 1. The summed E-state index contributed by atoms with van der Waals surface area (Å²) in [7, 11) is 0. The molecule has 2 heteroatoms. The van der Waals surface area contributed by atoms with Crippen molar-refractivity contribution in [2.45, 2.75) is 13.0 Å². The summed E-state index contributed by atoms with van der Waals surface area (Å²) in [6.45, 7) is 3.83. The molecule has 0 amide bonds. The van der Waals surface area contributed by atoms with E-state index in [-0.39, 0.29) is 6.10 Å². The Kier molecular flexibility index (Phi) is 1.30. The SMILES string of the molecule is CC(O)C1CNC1. The predicted octanol–water partition coefficient (Wildman–Crippen LogP) is -0.413. The highest BCUT2D eigenvalue weighted by atomic mass is 16.3. The lowest BCUT2D eigenvalue weighted by Crippen LogP contribution is -2.47. The van der Waals surface area contributed by atoms with Crippen LogP contribution in [0.25, 0.3) is 0 Å². The number of aliphatic hydroxyl groups is 1. The van der Waals surface area contributed by atoms with Gasteiger partial charge in [0.15, 0.2) is 0 Å². The molecular weight excluding hydrogens is 90.1 g/mol. The summed E-state index contributed by atoms with van der Waals surface area (Å²) in [4.78, 5) is 0. The molecule has 0 aromatic rings. The number of hydrogen-bond acceptors (Lipinski definition) is 2. The van der Waals surface area contributed by atoms with Crippen molar-refractivity contribution in [2.75, 3.05) is 13.1 Å².